The van der Waals surface area contributed by atoms with Crippen LogP contribution in [-0.2, 0) is 9.53 Å². The van der Waals surface area contributed by atoms with E-state index in [2.05, 4.69) is 5.32 Å². The summed E-state index contributed by atoms with van der Waals surface area (Å²) in [5, 5.41) is 5.29. The van der Waals surface area contributed by atoms with Gasteiger partial charge in [0.1, 0.15) is 16.3 Å². The summed E-state index contributed by atoms with van der Waals surface area (Å²) < 4.78 is 10.3. The van der Waals surface area contributed by atoms with Gasteiger partial charge in [-0.2, -0.15) is 0 Å². The molecular weight excluding hydrogens is 420 g/mol. The second-order valence-electron chi connectivity index (χ2n) is 6.76. The van der Waals surface area contributed by atoms with Crippen molar-refractivity contribution in [2.75, 3.05) is 25.3 Å². The van der Waals surface area contributed by atoms with E-state index in [4.69, 9.17) is 14.5 Å². The molecule has 0 aliphatic carbocycles. The average molecular weight is 445 g/mol. The van der Waals surface area contributed by atoms with E-state index >= 15 is 0 Å². The molecule has 0 radical (unpaired) electrons. The van der Waals surface area contributed by atoms with Crippen LogP contribution in [0.15, 0.2) is 29.3 Å². The number of esters is 1. The van der Waals surface area contributed by atoms with Crippen LogP contribution in [-0.4, -0.2) is 36.8 Å². The molecule has 3 rings (SSSR count). The molecule has 0 bridgehead atoms. The van der Waals surface area contributed by atoms with Crippen LogP contribution in [0.25, 0.3) is 10.9 Å². The zero-order valence-corrected chi connectivity index (χ0v) is 19.3. The second-order valence-corrected chi connectivity index (χ2v) is 9.10. The fourth-order valence-corrected chi connectivity index (χ4v) is 5.08. The van der Waals surface area contributed by atoms with Crippen molar-refractivity contribution in [2.45, 2.75) is 32.2 Å². The molecule has 158 valence electrons. The minimum atomic E-state index is -0.439. The highest BCUT2D eigenvalue weighted by molar-refractivity contribution is 7.99. The molecule has 30 heavy (non-hydrogen) atoms. The highest BCUT2D eigenvalue weighted by Gasteiger charge is 2.21. The Hall–Kier alpha value is -2.58. The van der Waals surface area contributed by atoms with E-state index in [1.165, 1.54) is 30.2 Å². The van der Waals surface area contributed by atoms with Crippen molar-refractivity contribution in [2.24, 2.45) is 0 Å². The van der Waals surface area contributed by atoms with Crippen molar-refractivity contribution in [3.63, 3.8) is 0 Å². The summed E-state index contributed by atoms with van der Waals surface area (Å²) in [6.45, 7) is 5.81. The van der Waals surface area contributed by atoms with Gasteiger partial charge in [-0.1, -0.05) is 12.1 Å². The van der Waals surface area contributed by atoms with Crippen LogP contribution in [0.4, 0.5) is 5.00 Å². The zero-order chi connectivity index (χ0) is 21.8. The number of hydrogen-bond acceptors (Lipinski definition) is 7. The minimum absolute atomic E-state index is 0.149. The van der Waals surface area contributed by atoms with Gasteiger partial charge < -0.3 is 14.8 Å². The number of rotatable bonds is 7. The van der Waals surface area contributed by atoms with Gasteiger partial charge in [0.15, 0.2) is 0 Å². The molecule has 8 heteroatoms. The molecule has 0 spiro atoms. The number of hydrogen-bond donors (Lipinski definition) is 1. The molecule has 1 N–H and O–H groups in total. The third-order valence-electron chi connectivity index (χ3n) is 4.81. The second kappa shape index (κ2) is 9.49. The zero-order valence-electron chi connectivity index (χ0n) is 17.6. The first-order valence-electron chi connectivity index (χ1n) is 9.41. The van der Waals surface area contributed by atoms with Crippen LogP contribution in [0, 0.1) is 20.8 Å². The lowest BCUT2D eigenvalue weighted by Crippen LogP contribution is -2.14. The number of carbonyl (C=O) groups is 2. The van der Waals surface area contributed by atoms with Crippen molar-refractivity contribution < 1.29 is 19.1 Å². The molecule has 0 aliphatic rings. The van der Waals surface area contributed by atoms with E-state index in [-0.39, 0.29) is 5.91 Å². The topological polar surface area (TPSA) is 77.5 Å². The number of para-hydroxylation sites is 1. The summed E-state index contributed by atoms with van der Waals surface area (Å²) in [5.74, 6) is 0.709. The van der Waals surface area contributed by atoms with Gasteiger partial charge in [-0.05, 0) is 44.0 Å². The molecule has 6 nitrogen and oxygen atoms in total. The molecule has 0 saturated heterocycles. The quantitative estimate of drug-likeness (QED) is 0.402. The van der Waals surface area contributed by atoms with Gasteiger partial charge >= 0.3 is 5.97 Å². The van der Waals surface area contributed by atoms with Gasteiger partial charge in [0.25, 0.3) is 0 Å². The number of thiophene rings is 1. The van der Waals surface area contributed by atoms with E-state index < -0.39 is 5.97 Å². The third kappa shape index (κ3) is 4.60. The van der Waals surface area contributed by atoms with Crippen LogP contribution in [0.5, 0.6) is 5.75 Å². The van der Waals surface area contributed by atoms with Gasteiger partial charge in [0, 0.05) is 22.4 Å². The Balaban J connectivity index is 1.67. The molecule has 0 atom stereocenters. The molecule has 0 fully saturated rings. The standard InChI is InChI=1S/C22H24N2O4S2/c1-12-11-18(24-20-15(12)7-6-8-16(20)27-4)29-10-9-17(25)23-21-19(22(26)28-5)13(2)14(3)30-21/h6-8,11H,9-10H2,1-5H3,(H,23,25). The Labute approximate surface area is 184 Å². The summed E-state index contributed by atoms with van der Waals surface area (Å²) in [4.78, 5) is 30.2. The number of fused-ring (bicyclic) bond motifs is 1. The summed E-state index contributed by atoms with van der Waals surface area (Å²) in [6, 6.07) is 7.88. The largest absolute Gasteiger partial charge is 0.494 e. The number of anilines is 1. The van der Waals surface area contributed by atoms with Gasteiger partial charge in [-0.3, -0.25) is 4.79 Å². The average Bonchev–Trinajstić information content (AvgIpc) is 3.00. The predicted molar refractivity (Wildman–Crippen MR) is 122 cm³/mol. The molecule has 0 unspecified atom stereocenters. The number of nitrogens with one attached hydrogen (secondary N) is 1. The van der Waals surface area contributed by atoms with Crippen molar-refractivity contribution >= 4 is 50.9 Å². The first-order chi connectivity index (χ1) is 14.3. The number of nitrogens with zero attached hydrogens (tertiary/aromatic N) is 1. The van der Waals surface area contributed by atoms with E-state index in [1.54, 1.807) is 7.11 Å². The molecule has 0 saturated carbocycles. The van der Waals surface area contributed by atoms with Gasteiger partial charge in [-0.25, -0.2) is 9.78 Å². The third-order valence-corrected chi connectivity index (χ3v) is 6.85. The van der Waals surface area contributed by atoms with Crippen molar-refractivity contribution in [3.8, 4) is 5.75 Å². The Kier molecular flexibility index (Phi) is 6.99. The fourth-order valence-electron chi connectivity index (χ4n) is 3.10. The smallest absolute Gasteiger partial charge is 0.341 e. The van der Waals surface area contributed by atoms with Crippen molar-refractivity contribution in [1.29, 1.82) is 0 Å². The number of ether oxygens (including phenoxy) is 2. The van der Waals surface area contributed by atoms with Crippen LogP contribution >= 0.6 is 23.1 Å². The SMILES string of the molecule is COC(=O)c1c(NC(=O)CCSc2cc(C)c3cccc(OC)c3n2)sc(C)c1C. The van der Waals surface area contributed by atoms with Crippen LogP contribution in [0.1, 0.15) is 32.8 Å². The highest BCUT2D eigenvalue weighted by atomic mass is 32.2. The van der Waals surface area contributed by atoms with E-state index in [9.17, 15) is 9.59 Å². The maximum absolute atomic E-state index is 12.5. The Morgan fingerprint density at radius 1 is 1.20 bits per heavy atom. The van der Waals surface area contributed by atoms with E-state index in [0.29, 0.717) is 22.7 Å². The summed E-state index contributed by atoms with van der Waals surface area (Å²) in [7, 11) is 2.97. The Bertz CT molecular complexity index is 1110. The number of pyridine rings is 1. The lowest BCUT2D eigenvalue weighted by molar-refractivity contribution is -0.115. The monoisotopic (exact) mass is 444 g/mol. The first kappa shape index (κ1) is 22.1. The van der Waals surface area contributed by atoms with Crippen molar-refractivity contribution in [3.05, 3.63) is 45.8 Å². The van der Waals surface area contributed by atoms with Gasteiger partial charge in [-0.15, -0.1) is 23.1 Å². The summed E-state index contributed by atoms with van der Waals surface area (Å²) in [6.07, 6.45) is 0.298. The van der Waals surface area contributed by atoms with Gasteiger partial charge in [0.2, 0.25) is 5.91 Å². The molecule has 3 aromatic rings. The number of thioether (sulfide) groups is 1. The lowest BCUT2D eigenvalue weighted by atomic mass is 10.1. The molecule has 2 heterocycles. The lowest BCUT2D eigenvalue weighted by Gasteiger charge is -2.10. The number of carbonyl (C=O) groups excluding carboxylic acids is 2. The van der Waals surface area contributed by atoms with E-state index in [1.807, 2.05) is 45.0 Å². The Morgan fingerprint density at radius 2 is 1.97 bits per heavy atom. The molecule has 2 aromatic heterocycles. The number of benzene rings is 1. The normalized spacial score (nSPS) is 10.8. The predicted octanol–water partition coefficient (Wildman–Crippen LogP) is 5.14. The molecule has 1 aromatic carbocycles. The number of aryl methyl sites for hydroxylation is 2. The number of methoxy groups -OCH3 is 2. The number of aromatic nitrogens is 1. The molecule has 0 aliphatic heterocycles. The highest BCUT2D eigenvalue weighted by Crippen LogP contribution is 2.33. The molecular formula is C22H24N2O4S2. The number of amides is 1. The van der Waals surface area contributed by atoms with Crippen LogP contribution < -0.4 is 10.1 Å². The van der Waals surface area contributed by atoms with Crippen LogP contribution in [0.3, 0.4) is 0 Å². The van der Waals surface area contributed by atoms with E-state index in [0.717, 1.165) is 37.7 Å². The van der Waals surface area contributed by atoms with Crippen molar-refractivity contribution in [1.82, 2.24) is 4.98 Å². The Morgan fingerprint density at radius 3 is 2.67 bits per heavy atom. The van der Waals surface area contributed by atoms with Crippen LogP contribution in [0.2, 0.25) is 0 Å². The minimum Gasteiger partial charge on any atom is -0.494 e. The van der Waals surface area contributed by atoms with Gasteiger partial charge in [0.05, 0.1) is 24.8 Å². The first-order valence-corrected chi connectivity index (χ1v) is 11.2. The molecule has 1 amide bonds. The maximum atomic E-state index is 12.5. The fraction of sp³-hybridized carbons (Fsp3) is 0.318. The summed E-state index contributed by atoms with van der Waals surface area (Å²) >= 11 is 2.90. The maximum Gasteiger partial charge on any atom is 0.341 e. The summed E-state index contributed by atoms with van der Waals surface area (Å²) in [5.41, 5.74) is 3.19.